The summed E-state index contributed by atoms with van der Waals surface area (Å²) < 4.78 is 10.9. The third kappa shape index (κ3) is 7.94. The van der Waals surface area contributed by atoms with E-state index in [1.165, 1.54) is 53.7 Å². The lowest BCUT2D eigenvalue weighted by molar-refractivity contribution is -0.141. The van der Waals surface area contributed by atoms with E-state index in [-0.39, 0.29) is 12.5 Å². The Morgan fingerprint density at radius 2 is 1.64 bits per heavy atom. The quantitative estimate of drug-likeness (QED) is 0.269. The molecule has 5 heteroatoms. The lowest BCUT2D eigenvalue weighted by Crippen LogP contribution is -2.26. The highest BCUT2D eigenvalue weighted by molar-refractivity contribution is 5.71. The van der Waals surface area contributed by atoms with Crippen molar-refractivity contribution in [2.45, 2.75) is 32.6 Å². The van der Waals surface area contributed by atoms with E-state index >= 15 is 0 Å². The number of hydrogen-bond acceptors (Lipinski definition) is 5. The van der Waals surface area contributed by atoms with E-state index in [4.69, 9.17) is 9.47 Å². The van der Waals surface area contributed by atoms with Crippen LogP contribution in [0.25, 0.3) is 11.1 Å². The van der Waals surface area contributed by atoms with E-state index in [9.17, 15) is 4.79 Å². The first-order chi connectivity index (χ1) is 17.7. The first-order valence-electron chi connectivity index (χ1n) is 13.2. The van der Waals surface area contributed by atoms with Gasteiger partial charge in [0.25, 0.3) is 0 Å². The van der Waals surface area contributed by atoms with Crippen LogP contribution in [0.2, 0.25) is 0 Å². The van der Waals surface area contributed by atoms with E-state index in [1.807, 2.05) is 6.92 Å². The minimum Gasteiger partial charge on any atom is -0.492 e. The Labute approximate surface area is 215 Å². The molecule has 0 aromatic heterocycles. The third-order valence-electron chi connectivity index (χ3n) is 6.64. The number of ether oxygens (including phenoxy) is 2. The Kier molecular flexibility index (Phi) is 9.95. The normalized spacial score (nSPS) is 13.6. The molecule has 1 aliphatic heterocycles. The molecule has 0 spiro atoms. The highest BCUT2D eigenvalue weighted by atomic mass is 16.5. The zero-order chi connectivity index (χ0) is 25.0. The standard InChI is InChI=1S/C31H38N2O3/c1-2-35-31(34)24-32-18-17-25-9-13-27(14-10-25)30-8-4-3-7-28(30)23-26-11-15-29(16-12-26)36-22-21-33-19-5-6-20-33/h3-4,7-16,32H,2,5-6,17-24H2,1H3. The molecular formula is C31H38N2O3. The summed E-state index contributed by atoms with van der Waals surface area (Å²) in [4.78, 5) is 13.9. The van der Waals surface area contributed by atoms with Gasteiger partial charge in [-0.15, -0.1) is 0 Å². The Balaban J connectivity index is 1.30. The molecule has 4 rings (SSSR count). The Bertz CT molecular complexity index is 1070. The molecule has 0 saturated carbocycles. The van der Waals surface area contributed by atoms with Crippen molar-refractivity contribution < 1.29 is 14.3 Å². The number of likely N-dealkylation sites (tertiary alicyclic amines) is 1. The van der Waals surface area contributed by atoms with Gasteiger partial charge < -0.3 is 14.8 Å². The monoisotopic (exact) mass is 486 g/mol. The van der Waals surface area contributed by atoms with Gasteiger partial charge >= 0.3 is 5.97 Å². The van der Waals surface area contributed by atoms with Gasteiger partial charge in [0.2, 0.25) is 0 Å². The molecule has 36 heavy (non-hydrogen) atoms. The van der Waals surface area contributed by atoms with Crippen LogP contribution in [0.1, 0.15) is 36.5 Å². The fourth-order valence-corrected chi connectivity index (χ4v) is 4.66. The van der Waals surface area contributed by atoms with Crippen LogP contribution < -0.4 is 10.1 Å². The van der Waals surface area contributed by atoms with E-state index in [2.05, 4.69) is 83.0 Å². The van der Waals surface area contributed by atoms with Crippen LogP contribution in [0.5, 0.6) is 5.75 Å². The first-order valence-corrected chi connectivity index (χ1v) is 13.2. The number of hydrogen-bond donors (Lipinski definition) is 1. The van der Waals surface area contributed by atoms with Crippen molar-refractivity contribution in [1.82, 2.24) is 10.2 Å². The number of carbonyl (C=O) groups excluding carboxylic acids is 1. The Morgan fingerprint density at radius 1 is 0.917 bits per heavy atom. The predicted octanol–water partition coefficient (Wildman–Crippen LogP) is 5.11. The second-order valence-electron chi connectivity index (χ2n) is 9.30. The number of nitrogens with zero attached hydrogens (tertiary/aromatic N) is 1. The van der Waals surface area contributed by atoms with Gasteiger partial charge in [-0.2, -0.15) is 0 Å². The average Bonchev–Trinajstić information content (AvgIpc) is 3.42. The smallest absolute Gasteiger partial charge is 0.319 e. The van der Waals surface area contributed by atoms with E-state index in [1.54, 1.807) is 0 Å². The molecule has 1 fully saturated rings. The van der Waals surface area contributed by atoms with Crippen molar-refractivity contribution in [2.24, 2.45) is 0 Å². The molecule has 0 aliphatic carbocycles. The summed E-state index contributed by atoms with van der Waals surface area (Å²) in [6, 6.07) is 25.9. The van der Waals surface area contributed by atoms with Crippen molar-refractivity contribution >= 4 is 5.97 Å². The number of esters is 1. The van der Waals surface area contributed by atoms with Gasteiger partial charge in [0, 0.05) is 6.54 Å². The van der Waals surface area contributed by atoms with Gasteiger partial charge in [-0.1, -0.05) is 60.7 Å². The van der Waals surface area contributed by atoms with Crippen molar-refractivity contribution in [3.8, 4) is 16.9 Å². The highest BCUT2D eigenvalue weighted by Crippen LogP contribution is 2.27. The van der Waals surface area contributed by atoms with Crippen molar-refractivity contribution in [3.05, 3.63) is 89.5 Å². The molecule has 190 valence electrons. The second kappa shape index (κ2) is 13.8. The molecule has 0 radical (unpaired) electrons. The molecule has 1 aliphatic rings. The fraction of sp³-hybridized carbons (Fsp3) is 0.387. The van der Waals surface area contributed by atoms with Gasteiger partial charge in [-0.3, -0.25) is 9.69 Å². The van der Waals surface area contributed by atoms with Crippen molar-refractivity contribution in [1.29, 1.82) is 0 Å². The predicted molar refractivity (Wildman–Crippen MR) is 146 cm³/mol. The van der Waals surface area contributed by atoms with Crippen molar-refractivity contribution in [2.75, 3.05) is 45.9 Å². The molecule has 1 N–H and O–H groups in total. The maximum Gasteiger partial charge on any atom is 0.319 e. The molecule has 5 nitrogen and oxygen atoms in total. The summed E-state index contributed by atoms with van der Waals surface area (Å²) in [5.74, 6) is 0.739. The Hall–Kier alpha value is -3.15. The summed E-state index contributed by atoms with van der Waals surface area (Å²) in [7, 11) is 0. The first kappa shape index (κ1) is 25.9. The molecule has 0 bridgehead atoms. The van der Waals surface area contributed by atoms with Crippen LogP contribution in [0.4, 0.5) is 0 Å². The molecule has 1 heterocycles. The number of carbonyl (C=O) groups is 1. The maximum atomic E-state index is 11.4. The van der Waals surface area contributed by atoms with E-state index in [0.717, 1.165) is 38.3 Å². The molecular weight excluding hydrogens is 448 g/mol. The summed E-state index contributed by atoms with van der Waals surface area (Å²) >= 11 is 0. The van der Waals surface area contributed by atoms with E-state index in [0.29, 0.717) is 6.61 Å². The lowest BCUT2D eigenvalue weighted by atomic mass is 9.94. The number of benzene rings is 3. The van der Waals surface area contributed by atoms with Crippen LogP contribution in [0, 0.1) is 0 Å². The lowest BCUT2D eigenvalue weighted by Gasteiger charge is -2.15. The van der Waals surface area contributed by atoms with Crippen LogP contribution in [0.3, 0.4) is 0 Å². The van der Waals surface area contributed by atoms with Gasteiger partial charge in [0.1, 0.15) is 12.4 Å². The zero-order valence-corrected chi connectivity index (χ0v) is 21.4. The van der Waals surface area contributed by atoms with Crippen LogP contribution in [-0.4, -0.2) is 56.8 Å². The molecule has 0 atom stereocenters. The van der Waals surface area contributed by atoms with E-state index < -0.39 is 0 Å². The molecule has 0 unspecified atom stereocenters. The van der Waals surface area contributed by atoms with Crippen LogP contribution in [0.15, 0.2) is 72.8 Å². The fourth-order valence-electron chi connectivity index (χ4n) is 4.66. The molecule has 3 aromatic rings. The van der Waals surface area contributed by atoms with Gasteiger partial charge in [-0.05, 0) is 92.2 Å². The summed E-state index contributed by atoms with van der Waals surface area (Å²) in [5, 5.41) is 3.14. The van der Waals surface area contributed by atoms with Crippen LogP contribution in [-0.2, 0) is 22.4 Å². The van der Waals surface area contributed by atoms with Gasteiger partial charge in [0.15, 0.2) is 0 Å². The van der Waals surface area contributed by atoms with Gasteiger partial charge in [0.05, 0.1) is 13.2 Å². The minimum absolute atomic E-state index is 0.204. The number of rotatable bonds is 13. The Morgan fingerprint density at radius 3 is 2.39 bits per heavy atom. The van der Waals surface area contributed by atoms with Crippen molar-refractivity contribution in [3.63, 3.8) is 0 Å². The number of nitrogens with one attached hydrogen (secondary N) is 1. The SMILES string of the molecule is CCOC(=O)CNCCc1ccc(-c2ccccc2Cc2ccc(OCCN3CCCC3)cc2)cc1. The maximum absolute atomic E-state index is 11.4. The third-order valence-corrected chi connectivity index (χ3v) is 6.64. The summed E-state index contributed by atoms with van der Waals surface area (Å²) in [6.45, 7) is 7.41. The molecule has 0 amide bonds. The van der Waals surface area contributed by atoms with Crippen LogP contribution >= 0.6 is 0 Å². The molecule has 1 saturated heterocycles. The zero-order valence-electron chi connectivity index (χ0n) is 21.4. The topological polar surface area (TPSA) is 50.8 Å². The highest BCUT2D eigenvalue weighted by Gasteiger charge is 2.11. The summed E-state index contributed by atoms with van der Waals surface area (Å²) in [5.41, 5.74) is 6.31. The van der Waals surface area contributed by atoms with Gasteiger partial charge in [-0.25, -0.2) is 0 Å². The minimum atomic E-state index is -0.204. The largest absolute Gasteiger partial charge is 0.492 e. The molecule has 3 aromatic carbocycles. The average molecular weight is 487 g/mol. The summed E-state index contributed by atoms with van der Waals surface area (Å²) in [6.07, 6.45) is 4.38. The second-order valence-corrected chi connectivity index (χ2v) is 9.30.